The van der Waals surface area contributed by atoms with Gasteiger partial charge in [0.1, 0.15) is 30.5 Å². The van der Waals surface area contributed by atoms with Gasteiger partial charge in [-0.3, -0.25) is 33.3 Å². The molecule has 19 nitrogen and oxygen atoms in total. The van der Waals surface area contributed by atoms with Gasteiger partial charge in [-0.15, -0.1) is 0 Å². The maximum absolute atomic E-state index is 13.6. The Hall–Kier alpha value is -4.82. The third-order valence-corrected chi connectivity index (χ3v) is 7.77. The summed E-state index contributed by atoms with van der Waals surface area (Å²) < 4.78 is 38.1. The molecule has 1 rings (SSSR count). The maximum Gasteiger partial charge on any atom is 0.312 e. The number of carbonyl (C=O) groups excluding carboxylic acids is 6. The summed E-state index contributed by atoms with van der Waals surface area (Å²) in [7, 11) is -4.86. The van der Waals surface area contributed by atoms with Crippen LogP contribution < -0.4 is 37.6 Å². The average molecular weight is 744 g/mol. The Bertz CT molecular complexity index is 1490. The van der Waals surface area contributed by atoms with Crippen molar-refractivity contribution in [1.82, 2.24) is 26.6 Å². The molecule has 286 valence electrons. The van der Waals surface area contributed by atoms with Gasteiger partial charge in [0.25, 0.3) is 10.1 Å². The largest absolute Gasteiger partial charge is 0.481 e. The second-order valence-corrected chi connectivity index (χ2v) is 13.8. The van der Waals surface area contributed by atoms with Crippen molar-refractivity contribution in [2.24, 2.45) is 11.7 Å². The summed E-state index contributed by atoms with van der Waals surface area (Å²) in [6, 6.07) is -0.406. The molecule has 4 atom stereocenters. The molecule has 0 aromatic heterocycles. The van der Waals surface area contributed by atoms with E-state index in [1.807, 2.05) is 0 Å². The van der Waals surface area contributed by atoms with Gasteiger partial charge >= 0.3 is 18.0 Å². The minimum Gasteiger partial charge on any atom is -0.481 e. The van der Waals surface area contributed by atoms with Gasteiger partial charge in [-0.25, -0.2) is 4.79 Å². The summed E-state index contributed by atoms with van der Waals surface area (Å²) in [6.07, 6.45) is -0.425. The van der Waals surface area contributed by atoms with E-state index in [9.17, 15) is 46.5 Å². The Morgan fingerprint density at radius 2 is 1.41 bits per heavy atom. The van der Waals surface area contributed by atoms with Gasteiger partial charge < -0.3 is 47.5 Å². The number of benzene rings is 1. The van der Waals surface area contributed by atoms with Gasteiger partial charge in [-0.1, -0.05) is 39.8 Å². The van der Waals surface area contributed by atoms with Crippen LogP contribution in [0.5, 0.6) is 0 Å². The number of nitrogens with two attached hydrogens (primary N) is 1. The second-order valence-electron chi connectivity index (χ2n) is 12.3. The second kappa shape index (κ2) is 21.4. The van der Waals surface area contributed by atoms with Gasteiger partial charge in [-0.2, -0.15) is 8.42 Å². The lowest BCUT2D eigenvalue weighted by Gasteiger charge is -2.28. The van der Waals surface area contributed by atoms with E-state index in [2.05, 4.69) is 31.9 Å². The molecule has 0 bridgehead atoms. The summed E-state index contributed by atoms with van der Waals surface area (Å²) >= 11 is 0. The van der Waals surface area contributed by atoms with E-state index in [-0.39, 0.29) is 38.5 Å². The molecule has 1 aromatic rings. The number of hydrogen-bond acceptors (Lipinski definition) is 11. The number of carboxylic acid groups (broad SMARTS) is 1. The lowest BCUT2D eigenvalue weighted by atomic mass is 10.0. The number of ether oxygens (including phenoxy) is 1. The van der Waals surface area contributed by atoms with Gasteiger partial charge in [0.15, 0.2) is 0 Å². The third kappa shape index (κ3) is 18.7. The molecule has 6 amide bonds. The topological polar surface area (TPSA) is 302 Å². The number of hydrogen-bond donors (Lipinski definition) is 9. The molecule has 0 heterocycles. The molecule has 0 saturated carbocycles. The van der Waals surface area contributed by atoms with E-state index in [0.717, 1.165) is 0 Å². The minimum atomic E-state index is -4.86. The van der Waals surface area contributed by atoms with Gasteiger partial charge in [-0.05, 0) is 42.9 Å². The molecule has 1 aromatic carbocycles. The Balaban J connectivity index is 3.22. The normalized spacial score (nSPS) is 13.6. The Morgan fingerprint density at radius 1 is 0.824 bits per heavy atom. The van der Waals surface area contributed by atoms with Crippen LogP contribution in [0.15, 0.2) is 24.3 Å². The lowest BCUT2D eigenvalue weighted by molar-refractivity contribution is -0.142. The monoisotopic (exact) mass is 743 g/mol. The predicted octanol–water partition coefficient (Wildman–Crippen LogP) is -0.634. The van der Waals surface area contributed by atoms with Crippen molar-refractivity contribution in [2.45, 2.75) is 97.1 Å². The summed E-state index contributed by atoms with van der Waals surface area (Å²) in [4.78, 5) is 86.6. The van der Waals surface area contributed by atoms with Crippen molar-refractivity contribution in [3.8, 4) is 0 Å². The summed E-state index contributed by atoms with van der Waals surface area (Å²) in [5, 5.41) is 24.1. The smallest absolute Gasteiger partial charge is 0.312 e. The first-order valence-electron chi connectivity index (χ1n) is 16.1. The fraction of sp³-hybridized carbons (Fsp3) is 0.581. The quantitative estimate of drug-likeness (QED) is 0.0406. The highest BCUT2D eigenvalue weighted by Gasteiger charge is 2.34. The van der Waals surface area contributed by atoms with Crippen LogP contribution in [0.2, 0.25) is 0 Å². The SMILES string of the molecule is CC(=O)OCc1ccc(NC(=O)[C@H](CCCNC(N)=O)NC(=O)[C@H](NC(=O)[C@H](CS(=O)(=O)O)NC(=O)C(CCC(=O)O)NC(C)C)C(C)C)cc1. The van der Waals surface area contributed by atoms with Gasteiger partial charge in [0.2, 0.25) is 23.6 Å². The number of rotatable bonds is 22. The van der Waals surface area contributed by atoms with Crippen LogP contribution in [0.4, 0.5) is 10.5 Å². The molecule has 10 N–H and O–H groups in total. The van der Waals surface area contributed by atoms with E-state index in [0.29, 0.717) is 11.3 Å². The number of anilines is 1. The third-order valence-electron chi connectivity index (χ3n) is 7.02. The molecular weight excluding hydrogens is 694 g/mol. The van der Waals surface area contributed by atoms with E-state index in [1.54, 1.807) is 52.0 Å². The zero-order chi connectivity index (χ0) is 38.9. The van der Waals surface area contributed by atoms with E-state index >= 15 is 0 Å². The molecule has 0 fully saturated rings. The number of primary amides is 1. The Labute approximate surface area is 296 Å². The fourth-order valence-electron chi connectivity index (χ4n) is 4.56. The maximum atomic E-state index is 13.6. The van der Waals surface area contributed by atoms with Crippen molar-refractivity contribution < 1.29 is 56.4 Å². The van der Waals surface area contributed by atoms with Crippen LogP contribution in [0.25, 0.3) is 0 Å². The van der Waals surface area contributed by atoms with E-state index in [1.165, 1.54) is 6.92 Å². The average Bonchev–Trinajstić information content (AvgIpc) is 3.01. The number of aliphatic carboxylic acids is 1. The molecule has 0 aliphatic rings. The van der Waals surface area contributed by atoms with Gasteiger partial charge in [0, 0.05) is 31.6 Å². The number of amides is 6. The van der Waals surface area contributed by atoms with Gasteiger partial charge in [0.05, 0.1) is 6.04 Å². The van der Waals surface area contributed by atoms with Crippen LogP contribution in [0.3, 0.4) is 0 Å². The number of nitrogens with one attached hydrogen (secondary N) is 6. The number of carbonyl (C=O) groups is 7. The number of carboxylic acids is 1. The Kier molecular flexibility index (Phi) is 18.6. The summed E-state index contributed by atoms with van der Waals surface area (Å²) in [5.41, 5.74) is 6.10. The van der Waals surface area contributed by atoms with Crippen molar-refractivity contribution in [2.75, 3.05) is 17.6 Å². The first-order valence-corrected chi connectivity index (χ1v) is 17.7. The highest BCUT2D eigenvalue weighted by Crippen LogP contribution is 2.13. The predicted molar refractivity (Wildman–Crippen MR) is 183 cm³/mol. The standard InChI is InChI=1S/C31H49N7O12S/c1-17(2)26(38-29(44)24(16-51(47,48)49)37-28(43)23(34-18(3)4)12-13-25(40)41)30(45)36-22(7-6-14-33-31(32)46)27(42)35-21-10-8-20(9-11-21)15-50-19(5)39/h8-11,17-18,22-24,26,34H,6-7,12-16H2,1-5H3,(H,35,42)(H,36,45)(H,37,43)(H,38,44)(H,40,41)(H3,32,33,46)(H,47,48,49)/t22-,23?,24-,26+/m0/s1. The first kappa shape index (κ1) is 44.2. The molecule has 0 spiro atoms. The van der Waals surface area contributed by atoms with Crippen LogP contribution in [0.1, 0.15) is 65.9 Å². The molecule has 0 saturated heterocycles. The van der Waals surface area contributed by atoms with Crippen molar-refractivity contribution in [3.05, 3.63) is 29.8 Å². The molecule has 0 aliphatic carbocycles. The fourth-order valence-corrected chi connectivity index (χ4v) is 5.22. The van der Waals surface area contributed by atoms with Crippen molar-refractivity contribution in [3.63, 3.8) is 0 Å². The highest BCUT2D eigenvalue weighted by atomic mass is 32.2. The molecule has 20 heteroatoms. The summed E-state index contributed by atoms with van der Waals surface area (Å²) in [6.45, 7) is 7.83. The van der Waals surface area contributed by atoms with E-state index < -0.39 is 94.0 Å². The van der Waals surface area contributed by atoms with Crippen LogP contribution in [-0.2, 0) is 50.2 Å². The number of esters is 1. The minimum absolute atomic E-state index is 0.00315. The lowest BCUT2D eigenvalue weighted by Crippen LogP contribution is -2.60. The highest BCUT2D eigenvalue weighted by molar-refractivity contribution is 7.85. The zero-order valence-electron chi connectivity index (χ0n) is 29.2. The van der Waals surface area contributed by atoms with Crippen LogP contribution in [0, 0.1) is 5.92 Å². The molecular formula is C31H49N7O12S. The van der Waals surface area contributed by atoms with Crippen LogP contribution in [-0.4, -0.2) is 102 Å². The zero-order valence-corrected chi connectivity index (χ0v) is 30.0. The number of urea groups is 1. The molecule has 0 radical (unpaired) electrons. The van der Waals surface area contributed by atoms with Crippen molar-refractivity contribution >= 4 is 57.4 Å². The van der Waals surface area contributed by atoms with E-state index in [4.69, 9.17) is 15.6 Å². The molecule has 1 unspecified atom stereocenters. The summed E-state index contributed by atoms with van der Waals surface area (Å²) in [5.74, 6) is -7.15. The van der Waals surface area contributed by atoms with Crippen LogP contribution >= 0.6 is 0 Å². The molecule has 0 aliphatic heterocycles. The molecule has 51 heavy (non-hydrogen) atoms. The first-order chi connectivity index (χ1) is 23.7. The van der Waals surface area contributed by atoms with Crippen molar-refractivity contribution in [1.29, 1.82) is 0 Å². The Morgan fingerprint density at radius 3 is 1.92 bits per heavy atom.